The Morgan fingerprint density at radius 2 is 1.94 bits per heavy atom. The number of hydrogen-bond donors (Lipinski definition) is 2. The highest BCUT2D eigenvalue weighted by molar-refractivity contribution is 5.94. The molecule has 2 unspecified atom stereocenters. The summed E-state index contributed by atoms with van der Waals surface area (Å²) in [4.78, 5) is 15.2. The van der Waals surface area contributed by atoms with Gasteiger partial charge in [-0.3, -0.25) is 9.69 Å². The lowest BCUT2D eigenvalue weighted by Crippen LogP contribution is -2.38. The van der Waals surface area contributed by atoms with E-state index in [0.29, 0.717) is 17.7 Å². The Bertz CT molecular complexity index is 875. The highest BCUT2D eigenvalue weighted by Crippen LogP contribution is 2.24. The summed E-state index contributed by atoms with van der Waals surface area (Å²) in [5.41, 5.74) is 4.85. The van der Waals surface area contributed by atoms with Crippen LogP contribution in [0.2, 0.25) is 0 Å². The van der Waals surface area contributed by atoms with E-state index in [-0.39, 0.29) is 18.6 Å². The Kier molecular flexibility index (Phi) is 7.25. The summed E-state index contributed by atoms with van der Waals surface area (Å²) in [5.74, 6) is 0.625. The van der Waals surface area contributed by atoms with Gasteiger partial charge in [0.1, 0.15) is 12.4 Å². The summed E-state index contributed by atoms with van der Waals surface area (Å²) >= 11 is 0. The van der Waals surface area contributed by atoms with Crippen LogP contribution in [0.3, 0.4) is 0 Å². The summed E-state index contributed by atoms with van der Waals surface area (Å²) in [6.45, 7) is 5.68. The Morgan fingerprint density at radius 1 is 1.16 bits per heavy atom. The number of nitrogens with zero attached hydrogens (tertiary/aromatic N) is 1. The van der Waals surface area contributed by atoms with E-state index in [1.807, 2.05) is 6.92 Å². The molecular weight excluding hydrogens is 388 g/mol. The van der Waals surface area contributed by atoms with Gasteiger partial charge in [-0.1, -0.05) is 25.1 Å². The number of carbonyl (C=O) groups is 1. The zero-order valence-electron chi connectivity index (χ0n) is 18.5. The quantitative estimate of drug-likeness (QED) is 0.681. The summed E-state index contributed by atoms with van der Waals surface area (Å²) in [7, 11) is 0. The summed E-state index contributed by atoms with van der Waals surface area (Å²) in [6, 6.07) is 14.2. The van der Waals surface area contributed by atoms with Crippen molar-refractivity contribution in [1.82, 2.24) is 10.2 Å². The Morgan fingerprint density at radius 3 is 2.68 bits per heavy atom. The molecule has 2 aromatic carbocycles. The van der Waals surface area contributed by atoms with Gasteiger partial charge in [-0.25, -0.2) is 0 Å². The lowest BCUT2D eigenvalue weighted by Gasteiger charge is -2.26. The minimum absolute atomic E-state index is 0.0424. The van der Waals surface area contributed by atoms with Crippen molar-refractivity contribution < 1.29 is 14.6 Å². The number of ether oxygens (including phenoxy) is 1. The van der Waals surface area contributed by atoms with Gasteiger partial charge in [-0.15, -0.1) is 0 Å². The van der Waals surface area contributed by atoms with Crippen molar-refractivity contribution in [2.24, 2.45) is 0 Å². The maximum absolute atomic E-state index is 12.7. The number of aliphatic hydroxyl groups excluding tert-OH is 1. The molecule has 2 aliphatic rings. The molecule has 0 radical (unpaired) electrons. The highest BCUT2D eigenvalue weighted by Gasteiger charge is 2.21. The monoisotopic (exact) mass is 422 g/mol. The van der Waals surface area contributed by atoms with Gasteiger partial charge >= 0.3 is 0 Å². The van der Waals surface area contributed by atoms with Crippen LogP contribution in [0.4, 0.5) is 0 Å². The molecule has 1 aliphatic carbocycles. The van der Waals surface area contributed by atoms with Crippen LogP contribution in [0, 0.1) is 0 Å². The molecule has 0 aromatic heterocycles. The van der Waals surface area contributed by atoms with E-state index in [4.69, 9.17) is 4.74 Å². The van der Waals surface area contributed by atoms with E-state index in [2.05, 4.69) is 28.4 Å². The highest BCUT2D eigenvalue weighted by atomic mass is 16.5. The molecule has 4 rings (SSSR count). The predicted molar refractivity (Wildman–Crippen MR) is 122 cm³/mol. The van der Waals surface area contributed by atoms with Crippen LogP contribution in [0.15, 0.2) is 42.5 Å². The van der Waals surface area contributed by atoms with Crippen molar-refractivity contribution in [3.05, 3.63) is 64.7 Å². The number of fused-ring (bicyclic) bond motifs is 1. The zero-order valence-corrected chi connectivity index (χ0v) is 18.5. The fourth-order valence-corrected chi connectivity index (χ4v) is 4.51. The standard InChI is InChI=1S/C26H34N2O3/c1-2-24(29)18-31-25-11-8-20(9-12-25)26(30)27-23-10-7-21-15-19(5-6-22(21)16-23)17-28-13-3-4-14-28/h5-6,8-9,11-12,15,23-24,29H,2-4,7,10,13-14,16-18H2,1H3,(H,27,30). The van der Waals surface area contributed by atoms with Gasteiger partial charge in [0, 0.05) is 18.2 Å². The third-order valence-electron chi connectivity index (χ3n) is 6.47. The van der Waals surface area contributed by atoms with Crippen LogP contribution >= 0.6 is 0 Å². The largest absolute Gasteiger partial charge is 0.491 e. The minimum Gasteiger partial charge on any atom is -0.491 e. The van der Waals surface area contributed by atoms with Crippen LogP contribution < -0.4 is 10.1 Å². The second-order valence-corrected chi connectivity index (χ2v) is 8.90. The van der Waals surface area contributed by atoms with Crippen LogP contribution in [0.1, 0.15) is 59.7 Å². The predicted octanol–water partition coefficient (Wildman–Crippen LogP) is 3.72. The molecule has 1 fully saturated rings. The van der Waals surface area contributed by atoms with Crippen molar-refractivity contribution in [2.75, 3.05) is 19.7 Å². The second-order valence-electron chi connectivity index (χ2n) is 8.90. The van der Waals surface area contributed by atoms with Gasteiger partial charge in [0.15, 0.2) is 0 Å². The maximum atomic E-state index is 12.7. The SMILES string of the molecule is CCC(O)COc1ccc(C(=O)NC2CCc3cc(CN4CCCC4)ccc3C2)cc1. The molecule has 2 aromatic rings. The van der Waals surface area contributed by atoms with Gasteiger partial charge in [0.25, 0.3) is 5.91 Å². The Hall–Kier alpha value is -2.37. The first-order valence-electron chi connectivity index (χ1n) is 11.7. The van der Waals surface area contributed by atoms with Crippen molar-refractivity contribution in [3.8, 4) is 5.75 Å². The fraction of sp³-hybridized carbons (Fsp3) is 0.500. The zero-order chi connectivity index (χ0) is 21.6. The van der Waals surface area contributed by atoms with E-state index in [1.165, 1.54) is 42.6 Å². The molecule has 0 spiro atoms. The van der Waals surface area contributed by atoms with Crippen LogP contribution in [-0.4, -0.2) is 47.8 Å². The molecule has 2 N–H and O–H groups in total. The van der Waals surface area contributed by atoms with E-state index in [9.17, 15) is 9.90 Å². The summed E-state index contributed by atoms with van der Waals surface area (Å²) in [5, 5.41) is 12.8. The Labute approximate surface area is 185 Å². The van der Waals surface area contributed by atoms with E-state index < -0.39 is 6.10 Å². The van der Waals surface area contributed by atoms with E-state index in [1.54, 1.807) is 24.3 Å². The Balaban J connectivity index is 1.30. The lowest BCUT2D eigenvalue weighted by atomic mass is 9.87. The molecule has 31 heavy (non-hydrogen) atoms. The molecule has 0 saturated carbocycles. The average Bonchev–Trinajstić information content (AvgIpc) is 3.31. The number of benzene rings is 2. The molecule has 0 bridgehead atoms. The van der Waals surface area contributed by atoms with Gasteiger partial charge in [0.2, 0.25) is 0 Å². The first kappa shape index (κ1) is 21.8. The first-order chi connectivity index (χ1) is 15.1. The van der Waals surface area contributed by atoms with Crippen molar-refractivity contribution >= 4 is 5.91 Å². The van der Waals surface area contributed by atoms with Crippen LogP contribution in [0.5, 0.6) is 5.75 Å². The average molecular weight is 423 g/mol. The van der Waals surface area contributed by atoms with Crippen LogP contribution in [-0.2, 0) is 19.4 Å². The molecule has 1 aliphatic heterocycles. The van der Waals surface area contributed by atoms with Gasteiger partial charge in [-0.05, 0) is 92.6 Å². The lowest BCUT2D eigenvalue weighted by molar-refractivity contribution is 0.0932. The summed E-state index contributed by atoms with van der Waals surface area (Å²) in [6.07, 6.45) is 5.72. The maximum Gasteiger partial charge on any atom is 0.251 e. The molecule has 5 heteroatoms. The number of carbonyl (C=O) groups excluding carboxylic acids is 1. The number of amides is 1. The smallest absolute Gasteiger partial charge is 0.251 e. The van der Waals surface area contributed by atoms with Gasteiger partial charge in [0.05, 0.1) is 6.10 Å². The first-order valence-corrected chi connectivity index (χ1v) is 11.7. The number of hydrogen-bond acceptors (Lipinski definition) is 4. The third-order valence-corrected chi connectivity index (χ3v) is 6.47. The minimum atomic E-state index is -0.464. The topological polar surface area (TPSA) is 61.8 Å². The van der Waals surface area contributed by atoms with Crippen molar-refractivity contribution in [1.29, 1.82) is 0 Å². The molecular formula is C26H34N2O3. The number of likely N-dealkylation sites (tertiary alicyclic amines) is 1. The van der Waals surface area contributed by atoms with Gasteiger partial charge < -0.3 is 15.2 Å². The fourth-order valence-electron chi connectivity index (χ4n) is 4.51. The third kappa shape index (κ3) is 5.86. The van der Waals surface area contributed by atoms with Crippen LogP contribution in [0.25, 0.3) is 0 Å². The molecule has 166 valence electrons. The second kappa shape index (κ2) is 10.3. The molecule has 1 amide bonds. The molecule has 2 atom stereocenters. The molecule has 5 nitrogen and oxygen atoms in total. The normalized spacial score (nSPS) is 19.6. The van der Waals surface area contributed by atoms with E-state index >= 15 is 0 Å². The number of nitrogens with one attached hydrogen (secondary N) is 1. The number of aliphatic hydroxyl groups is 1. The number of aryl methyl sites for hydroxylation is 1. The summed E-state index contributed by atoms with van der Waals surface area (Å²) < 4.78 is 5.55. The molecule has 1 saturated heterocycles. The van der Waals surface area contributed by atoms with Crippen molar-refractivity contribution in [3.63, 3.8) is 0 Å². The van der Waals surface area contributed by atoms with E-state index in [0.717, 1.165) is 25.8 Å². The number of rotatable bonds is 8. The molecule has 1 heterocycles. The van der Waals surface area contributed by atoms with Crippen molar-refractivity contribution in [2.45, 2.75) is 64.1 Å². The van der Waals surface area contributed by atoms with Gasteiger partial charge in [-0.2, -0.15) is 0 Å².